The van der Waals surface area contributed by atoms with Crippen LogP contribution in [-0.2, 0) is 23.0 Å². The predicted octanol–water partition coefficient (Wildman–Crippen LogP) is 2.73. The minimum Gasteiger partial charge on any atom is -0.207 e. The average molecular weight is 275 g/mol. The number of rotatable bonds is 5. The largest absolute Gasteiger partial charge is 0.240 e. The van der Waals surface area contributed by atoms with Crippen LogP contribution in [-0.4, -0.2) is 8.42 Å². The molecule has 0 aromatic heterocycles. The lowest BCUT2D eigenvalue weighted by Crippen LogP contribution is -2.23. The Morgan fingerprint density at radius 1 is 0.895 bits per heavy atom. The molecule has 0 atom stereocenters. The van der Waals surface area contributed by atoms with Crippen molar-refractivity contribution in [3.05, 3.63) is 65.7 Å². The highest BCUT2D eigenvalue weighted by Crippen LogP contribution is 2.11. The smallest absolute Gasteiger partial charge is 0.207 e. The first-order valence-corrected chi connectivity index (χ1v) is 7.72. The van der Waals surface area contributed by atoms with Gasteiger partial charge in [0.2, 0.25) is 10.0 Å². The van der Waals surface area contributed by atoms with E-state index in [4.69, 9.17) is 0 Å². The molecule has 0 unspecified atom stereocenters. The molecule has 2 aromatic rings. The molecule has 2 aromatic carbocycles. The van der Waals surface area contributed by atoms with Gasteiger partial charge in [-0.15, -0.1) is 0 Å². The molecular formula is C15H17NO2S. The summed E-state index contributed by atoms with van der Waals surface area (Å²) in [7, 11) is -3.43. The molecule has 0 amide bonds. The van der Waals surface area contributed by atoms with Gasteiger partial charge in [-0.2, -0.15) is 0 Å². The zero-order valence-electron chi connectivity index (χ0n) is 10.8. The number of sulfonamides is 1. The van der Waals surface area contributed by atoms with E-state index in [-0.39, 0.29) is 0 Å². The van der Waals surface area contributed by atoms with Crippen molar-refractivity contribution in [2.75, 3.05) is 0 Å². The second-order valence-corrected chi connectivity index (χ2v) is 6.07. The van der Waals surface area contributed by atoms with Gasteiger partial charge >= 0.3 is 0 Å². The van der Waals surface area contributed by atoms with Gasteiger partial charge in [-0.05, 0) is 29.7 Å². The first-order valence-electron chi connectivity index (χ1n) is 6.24. The zero-order chi connectivity index (χ0) is 13.7. The van der Waals surface area contributed by atoms with Crippen molar-refractivity contribution in [2.24, 2.45) is 0 Å². The Bertz CT molecular complexity index is 619. The van der Waals surface area contributed by atoms with Gasteiger partial charge in [0, 0.05) is 6.54 Å². The Labute approximate surface area is 114 Å². The van der Waals surface area contributed by atoms with Crippen LogP contribution in [0, 0.1) is 0 Å². The van der Waals surface area contributed by atoms with Crippen molar-refractivity contribution >= 4 is 10.0 Å². The molecule has 0 aliphatic heterocycles. The molecule has 0 radical (unpaired) electrons. The first-order chi connectivity index (χ1) is 9.12. The van der Waals surface area contributed by atoms with Crippen molar-refractivity contribution in [3.63, 3.8) is 0 Å². The second-order valence-electron chi connectivity index (χ2n) is 4.31. The summed E-state index contributed by atoms with van der Waals surface area (Å²) >= 11 is 0. The van der Waals surface area contributed by atoms with Crippen LogP contribution in [0.4, 0.5) is 0 Å². The quantitative estimate of drug-likeness (QED) is 0.912. The van der Waals surface area contributed by atoms with Gasteiger partial charge in [-0.1, -0.05) is 49.4 Å². The van der Waals surface area contributed by atoms with E-state index < -0.39 is 10.0 Å². The molecule has 0 aliphatic carbocycles. The van der Waals surface area contributed by atoms with Gasteiger partial charge in [-0.3, -0.25) is 0 Å². The molecule has 0 aliphatic rings. The Hall–Kier alpha value is -1.65. The van der Waals surface area contributed by atoms with E-state index in [2.05, 4.69) is 4.72 Å². The van der Waals surface area contributed by atoms with E-state index in [0.29, 0.717) is 11.4 Å². The molecule has 0 bridgehead atoms. The van der Waals surface area contributed by atoms with E-state index in [1.165, 1.54) is 0 Å². The molecule has 0 fully saturated rings. The summed E-state index contributed by atoms with van der Waals surface area (Å²) in [5.74, 6) is 0. The molecule has 4 heteroatoms. The molecule has 1 N–H and O–H groups in total. The number of hydrogen-bond acceptors (Lipinski definition) is 2. The van der Waals surface area contributed by atoms with Crippen molar-refractivity contribution in [3.8, 4) is 0 Å². The number of nitrogens with one attached hydrogen (secondary N) is 1. The van der Waals surface area contributed by atoms with Crippen molar-refractivity contribution < 1.29 is 8.42 Å². The van der Waals surface area contributed by atoms with Gasteiger partial charge in [-0.25, -0.2) is 13.1 Å². The Balaban J connectivity index is 2.09. The first kappa shape index (κ1) is 13.8. The lowest BCUT2D eigenvalue weighted by molar-refractivity contribution is 0.581. The van der Waals surface area contributed by atoms with Crippen LogP contribution in [0.25, 0.3) is 0 Å². The molecule has 19 heavy (non-hydrogen) atoms. The van der Waals surface area contributed by atoms with Gasteiger partial charge < -0.3 is 0 Å². The Morgan fingerprint density at radius 3 is 2.11 bits per heavy atom. The van der Waals surface area contributed by atoms with E-state index in [0.717, 1.165) is 17.5 Å². The van der Waals surface area contributed by atoms with Crippen LogP contribution in [0.5, 0.6) is 0 Å². The lowest BCUT2D eigenvalue weighted by atomic mass is 10.2. The molecule has 0 saturated heterocycles. The molecule has 3 nitrogen and oxygen atoms in total. The van der Waals surface area contributed by atoms with Crippen molar-refractivity contribution in [1.29, 1.82) is 0 Å². The average Bonchev–Trinajstić information content (AvgIpc) is 2.46. The van der Waals surface area contributed by atoms with Crippen molar-refractivity contribution in [1.82, 2.24) is 4.72 Å². The predicted molar refractivity (Wildman–Crippen MR) is 76.3 cm³/mol. The van der Waals surface area contributed by atoms with Gasteiger partial charge in [0.05, 0.1) is 4.90 Å². The maximum atomic E-state index is 12.1. The Kier molecular flexibility index (Phi) is 4.35. The van der Waals surface area contributed by atoms with Crippen LogP contribution in [0.1, 0.15) is 18.1 Å². The summed E-state index contributed by atoms with van der Waals surface area (Å²) in [6.45, 7) is 2.34. The molecule has 2 rings (SSSR count). The summed E-state index contributed by atoms with van der Waals surface area (Å²) in [6, 6.07) is 16.4. The van der Waals surface area contributed by atoms with Crippen LogP contribution in [0.2, 0.25) is 0 Å². The minimum absolute atomic E-state index is 0.304. The van der Waals surface area contributed by atoms with Crippen LogP contribution in [0.15, 0.2) is 59.5 Å². The summed E-state index contributed by atoms with van der Waals surface area (Å²) < 4.78 is 26.8. The van der Waals surface area contributed by atoms with Crippen molar-refractivity contribution in [2.45, 2.75) is 24.8 Å². The van der Waals surface area contributed by atoms with E-state index >= 15 is 0 Å². The zero-order valence-corrected chi connectivity index (χ0v) is 11.7. The third-order valence-corrected chi connectivity index (χ3v) is 4.37. The van der Waals surface area contributed by atoms with Crippen LogP contribution in [0.3, 0.4) is 0 Å². The van der Waals surface area contributed by atoms with Gasteiger partial charge in [0.15, 0.2) is 0 Å². The summed E-state index contributed by atoms with van der Waals surface area (Å²) in [6.07, 6.45) is 0.901. The lowest BCUT2D eigenvalue weighted by Gasteiger charge is -2.07. The fourth-order valence-electron chi connectivity index (χ4n) is 1.76. The molecule has 100 valence electrons. The fraction of sp³-hybridized carbons (Fsp3) is 0.200. The molecule has 0 spiro atoms. The van der Waals surface area contributed by atoms with E-state index in [1.54, 1.807) is 12.1 Å². The van der Waals surface area contributed by atoms with E-state index in [1.807, 2.05) is 49.4 Å². The normalized spacial score (nSPS) is 11.4. The van der Waals surface area contributed by atoms with Gasteiger partial charge in [0.1, 0.15) is 0 Å². The highest BCUT2D eigenvalue weighted by Gasteiger charge is 2.12. The maximum Gasteiger partial charge on any atom is 0.240 e. The molecular weight excluding hydrogens is 258 g/mol. The van der Waals surface area contributed by atoms with Gasteiger partial charge in [0.25, 0.3) is 0 Å². The highest BCUT2D eigenvalue weighted by atomic mass is 32.2. The number of aryl methyl sites for hydroxylation is 1. The monoisotopic (exact) mass is 275 g/mol. The summed E-state index contributed by atoms with van der Waals surface area (Å²) in [4.78, 5) is 0.306. The van der Waals surface area contributed by atoms with Crippen LogP contribution >= 0.6 is 0 Å². The van der Waals surface area contributed by atoms with E-state index in [9.17, 15) is 8.42 Å². The Morgan fingerprint density at radius 2 is 1.53 bits per heavy atom. The molecule has 0 heterocycles. The standard InChI is InChI=1S/C15H17NO2S/c1-2-13-8-10-15(11-9-13)19(17,18)16-12-14-6-4-3-5-7-14/h3-11,16H,2,12H2,1H3. The highest BCUT2D eigenvalue weighted by molar-refractivity contribution is 7.89. The summed E-state index contributed by atoms with van der Waals surface area (Å²) in [5, 5.41) is 0. The topological polar surface area (TPSA) is 46.2 Å². The number of hydrogen-bond donors (Lipinski definition) is 1. The fourth-order valence-corrected chi connectivity index (χ4v) is 2.78. The molecule has 0 saturated carbocycles. The maximum absolute atomic E-state index is 12.1. The third-order valence-electron chi connectivity index (χ3n) is 2.95. The SMILES string of the molecule is CCc1ccc(S(=O)(=O)NCc2ccccc2)cc1. The second kappa shape index (κ2) is 5.99. The summed E-state index contributed by atoms with van der Waals surface area (Å²) in [5.41, 5.74) is 2.07. The minimum atomic E-state index is -3.43. The third kappa shape index (κ3) is 3.66. The number of benzene rings is 2. The van der Waals surface area contributed by atoms with Crippen LogP contribution < -0.4 is 4.72 Å².